The summed E-state index contributed by atoms with van der Waals surface area (Å²) < 4.78 is 0. The van der Waals surface area contributed by atoms with Crippen LogP contribution in [0.5, 0.6) is 0 Å². The van der Waals surface area contributed by atoms with E-state index in [-0.39, 0.29) is 11.9 Å². The van der Waals surface area contributed by atoms with Gasteiger partial charge in [0.2, 0.25) is 5.91 Å². The van der Waals surface area contributed by atoms with Crippen LogP contribution >= 0.6 is 11.6 Å². The molecule has 0 aromatic heterocycles. The van der Waals surface area contributed by atoms with Crippen molar-refractivity contribution in [3.8, 4) is 0 Å². The van der Waals surface area contributed by atoms with Gasteiger partial charge in [-0.05, 0) is 30.9 Å². The fraction of sp³-hybridized carbons (Fsp3) is 0.714. The summed E-state index contributed by atoms with van der Waals surface area (Å²) in [4.78, 5) is 22.7. The predicted molar refractivity (Wildman–Crippen MR) is 41.4 cm³/mol. The van der Waals surface area contributed by atoms with E-state index in [1.165, 1.54) is 6.92 Å². The van der Waals surface area contributed by atoms with Crippen LogP contribution in [0.4, 0.5) is 4.79 Å². The summed E-state index contributed by atoms with van der Waals surface area (Å²) in [6.45, 7) is 1.36. The second kappa shape index (κ2) is 3.22. The first kappa shape index (κ1) is 8.53. The van der Waals surface area contributed by atoms with Crippen molar-refractivity contribution < 1.29 is 9.59 Å². The van der Waals surface area contributed by atoms with Crippen molar-refractivity contribution in [3.63, 3.8) is 0 Å². The molecule has 4 heteroatoms. The Balaban J connectivity index is 2.58. The van der Waals surface area contributed by atoms with Crippen molar-refractivity contribution in [2.45, 2.75) is 32.2 Å². The highest BCUT2D eigenvalue weighted by atomic mass is 35.5. The lowest BCUT2D eigenvalue weighted by Crippen LogP contribution is -2.44. The van der Waals surface area contributed by atoms with Crippen LogP contribution in [0.1, 0.15) is 26.2 Å². The van der Waals surface area contributed by atoms with E-state index in [9.17, 15) is 9.59 Å². The lowest BCUT2D eigenvalue weighted by atomic mass is 9.92. The minimum absolute atomic E-state index is 0.0671. The van der Waals surface area contributed by atoms with E-state index in [0.29, 0.717) is 0 Å². The van der Waals surface area contributed by atoms with Crippen LogP contribution in [0.25, 0.3) is 0 Å². The van der Waals surface area contributed by atoms with Gasteiger partial charge in [-0.2, -0.15) is 0 Å². The molecule has 0 aliphatic heterocycles. The lowest BCUT2D eigenvalue weighted by molar-refractivity contribution is -0.128. The Hall–Kier alpha value is -0.570. The first-order valence-electron chi connectivity index (χ1n) is 3.62. The molecule has 0 N–H and O–H groups in total. The first-order valence-corrected chi connectivity index (χ1v) is 4.00. The van der Waals surface area contributed by atoms with Crippen LogP contribution < -0.4 is 0 Å². The van der Waals surface area contributed by atoms with E-state index in [2.05, 4.69) is 0 Å². The minimum Gasteiger partial charge on any atom is -0.275 e. The summed E-state index contributed by atoms with van der Waals surface area (Å²) in [6.07, 6.45) is 2.88. The fourth-order valence-electron chi connectivity index (χ4n) is 1.17. The molecule has 0 spiro atoms. The molecule has 0 aromatic carbocycles. The number of imide groups is 1. The molecular weight excluding hydrogens is 166 g/mol. The van der Waals surface area contributed by atoms with Crippen LogP contribution in [0.3, 0.4) is 0 Å². The Morgan fingerprint density at radius 3 is 2.09 bits per heavy atom. The molecule has 0 heterocycles. The molecule has 0 radical (unpaired) electrons. The lowest BCUT2D eigenvalue weighted by Gasteiger charge is -2.33. The molecule has 0 atom stereocenters. The molecule has 1 aliphatic carbocycles. The Labute approximate surface area is 70.3 Å². The number of nitrogens with zero attached hydrogens (tertiary/aromatic N) is 1. The van der Waals surface area contributed by atoms with Crippen LogP contribution in [0, 0.1) is 0 Å². The van der Waals surface area contributed by atoms with Gasteiger partial charge in [0.25, 0.3) is 0 Å². The number of amides is 2. The molecule has 3 nitrogen and oxygen atoms in total. The van der Waals surface area contributed by atoms with Gasteiger partial charge in [0.1, 0.15) is 0 Å². The van der Waals surface area contributed by atoms with Crippen molar-refractivity contribution in [2.75, 3.05) is 0 Å². The second-order valence-corrected chi connectivity index (χ2v) is 3.05. The molecule has 11 heavy (non-hydrogen) atoms. The van der Waals surface area contributed by atoms with Crippen LogP contribution in [-0.2, 0) is 4.79 Å². The van der Waals surface area contributed by atoms with Gasteiger partial charge >= 0.3 is 5.37 Å². The number of rotatable bonds is 1. The quantitative estimate of drug-likeness (QED) is 0.450. The van der Waals surface area contributed by atoms with Crippen molar-refractivity contribution in [1.82, 2.24) is 4.90 Å². The largest absolute Gasteiger partial charge is 0.323 e. The maximum Gasteiger partial charge on any atom is 0.323 e. The van der Waals surface area contributed by atoms with E-state index in [4.69, 9.17) is 11.6 Å². The molecule has 0 bridgehead atoms. The standard InChI is InChI=1S/C7H10ClNO2/c1-5(10)9(7(8)11)6-3-2-4-6/h6H,2-4H2,1H3. The summed E-state index contributed by atoms with van der Waals surface area (Å²) in [5.74, 6) is -0.255. The number of hydrogen-bond acceptors (Lipinski definition) is 2. The first-order chi connectivity index (χ1) is 5.13. The van der Waals surface area contributed by atoms with Gasteiger partial charge in [-0.3, -0.25) is 14.5 Å². The van der Waals surface area contributed by atoms with Crippen molar-refractivity contribution in [2.24, 2.45) is 0 Å². The van der Waals surface area contributed by atoms with E-state index in [0.717, 1.165) is 24.2 Å². The maximum absolute atomic E-state index is 10.8. The van der Waals surface area contributed by atoms with Crippen molar-refractivity contribution >= 4 is 22.9 Å². The van der Waals surface area contributed by atoms with Crippen molar-refractivity contribution in [3.05, 3.63) is 0 Å². The van der Waals surface area contributed by atoms with E-state index in [1.54, 1.807) is 0 Å². The molecule has 62 valence electrons. The molecule has 1 fully saturated rings. The number of hydrogen-bond donors (Lipinski definition) is 0. The third kappa shape index (κ3) is 1.71. The van der Waals surface area contributed by atoms with Crippen LogP contribution in [-0.4, -0.2) is 22.2 Å². The number of halogens is 1. The van der Waals surface area contributed by atoms with Gasteiger partial charge in [0, 0.05) is 13.0 Å². The van der Waals surface area contributed by atoms with Crippen LogP contribution in [0.2, 0.25) is 0 Å². The molecule has 0 unspecified atom stereocenters. The normalized spacial score (nSPS) is 17.3. The zero-order chi connectivity index (χ0) is 8.43. The summed E-state index contributed by atoms with van der Waals surface area (Å²) in [5, 5.41) is -0.651. The van der Waals surface area contributed by atoms with Gasteiger partial charge in [0.15, 0.2) is 0 Å². The van der Waals surface area contributed by atoms with Gasteiger partial charge in [-0.25, -0.2) is 0 Å². The second-order valence-electron chi connectivity index (χ2n) is 2.73. The van der Waals surface area contributed by atoms with Gasteiger partial charge in [-0.1, -0.05) is 0 Å². The number of carbonyl (C=O) groups is 2. The van der Waals surface area contributed by atoms with E-state index in [1.807, 2.05) is 0 Å². The Bertz CT molecular complexity index is 175. The highest BCUT2D eigenvalue weighted by Gasteiger charge is 2.30. The topological polar surface area (TPSA) is 37.4 Å². The van der Waals surface area contributed by atoms with E-state index < -0.39 is 5.37 Å². The highest BCUT2D eigenvalue weighted by Crippen LogP contribution is 2.25. The third-order valence-electron chi connectivity index (χ3n) is 1.97. The van der Waals surface area contributed by atoms with Crippen LogP contribution in [0.15, 0.2) is 0 Å². The zero-order valence-electron chi connectivity index (χ0n) is 6.34. The maximum atomic E-state index is 10.8. The Kier molecular flexibility index (Phi) is 2.49. The average Bonchev–Trinajstić information content (AvgIpc) is 1.75. The summed E-state index contributed by atoms with van der Waals surface area (Å²) in [6, 6.07) is 0.0671. The zero-order valence-corrected chi connectivity index (χ0v) is 7.10. The average molecular weight is 176 g/mol. The van der Waals surface area contributed by atoms with E-state index >= 15 is 0 Å². The molecule has 0 aromatic rings. The molecule has 0 saturated heterocycles. The van der Waals surface area contributed by atoms with Gasteiger partial charge in [-0.15, -0.1) is 0 Å². The Morgan fingerprint density at radius 2 is 2.00 bits per heavy atom. The van der Waals surface area contributed by atoms with Gasteiger partial charge < -0.3 is 0 Å². The molecule has 1 rings (SSSR count). The minimum atomic E-state index is -0.651. The third-order valence-corrected chi connectivity index (χ3v) is 2.15. The van der Waals surface area contributed by atoms with Gasteiger partial charge in [0.05, 0.1) is 0 Å². The Morgan fingerprint density at radius 1 is 1.45 bits per heavy atom. The predicted octanol–water partition coefficient (Wildman–Crippen LogP) is 1.75. The fourth-order valence-corrected chi connectivity index (χ4v) is 1.43. The summed E-state index contributed by atoms with van der Waals surface area (Å²) in [7, 11) is 0. The molecule has 2 amide bonds. The van der Waals surface area contributed by atoms with Crippen molar-refractivity contribution in [1.29, 1.82) is 0 Å². The summed E-state index contributed by atoms with van der Waals surface area (Å²) >= 11 is 5.21. The highest BCUT2D eigenvalue weighted by molar-refractivity contribution is 6.64. The monoisotopic (exact) mass is 175 g/mol. The molecule has 1 aliphatic rings. The summed E-state index contributed by atoms with van der Waals surface area (Å²) in [5.41, 5.74) is 0. The molecule has 1 saturated carbocycles. The molecular formula is C7H10ClNO2. The number of carbonyl (C=O) groups excluding carboxylic acids is 2. The smallest absolute Gasteiger partial charge is 0.275 e. The SMILES string of the molecule is CC(=O)N(C(=O)Cl)C1CCC1.